The van der Waals surface area contributed by atoms with E-state index in [1.807, 2.05) is 31.2 Å². The molecule has 1 amide bonds. The van der Waals surface area contributed by atoms with E-state index in [9.17, 15) is 4.79 Å². The first-order valence-corrected chi connectivity index (χ1v) is 7.20. The van der Waals surface area contributed by atoms with Crippen LogP contribution >= 0.6 is 11.6 Å². The third-order valence-corrected chi connectivity index (χ3v) is 3.75. The molecule has 4 nitrogen and oxygen atoms in total. The third-order valence-electron chi connectivity index (χ3n) is 3.50. The summed E-state index contributed by atoms with van der Waals surface area (Å²) in [4.78, 5) is 12.0. The summed E-state index contributed by atoms with van der Waals surface area (Å²) in [5.74, 6) is -0.0639. The average molecular weight is 298 g/mol. The number of hydrogen-bond acceptors (Lipinski definition) is 3. The number of benzene rings is 1. The Hall–Kier alpha value is -1.10. The van der Waals surface area contributed by atoms with Gasteiger partial charge in [0.05, 0.1) is 6.04 Å². The molecule has 3 atom stereocenters. The maximum absolute atomic E-state index is 12.0. The van der Waals surface area contributed by atoms with Crippen molar-refractivity contribution in [1.82, 2.24) is 5.32 Å². The van der Waals surface area contributed by atoms with E-state index in [4.69, 9.17) is 21.1 Å². The fraction of sp³-hybridized carbons (Fsp3) is 0.533. The van der Waals surface area contributed by atoms with Gasteiger partial charge in [0.2, 0.25) is 5.91 Å². The van der Waals surface area contributed by atoms with Gasteiger partial charge < -0.3 is 14.8 Å². The van der Waals surface area contributed by atoms with Crippen molar-refractivity contribution < 1.29 is 14.3 Å². The molecule has 1 N–H and O–H groups in total. The predicted octanol–water partition coefficient (Wildman–Crippen LogP) is 2.71. The molecule has 1 heterocycles. The fourth-order valence-electron chi connectivity index (χ4n) is 2.46. The van der Waals surface area contributed by atoms with Crippen molar-refractivity contribution in [1.29, 1.82) is 0 Å². The summed E-state index contributed by atoms with van der Waals surface area (Å²) in [5.41, 5.74) is 0.983. The third kappa shape index (κ3) is 3.72. The minimum absolute atomic E-state index is 0.0639. The van der Waals surface area contributed by atoms with Gasteiger partial charge in [-0.2, -0.15) is 0 Å². The molecule has 0 aromatic heterocycles. The van der Waals surface area contributed by atoms with Crippen LogP contribution < -0.4 is 5.32 Å². The van der Waals surface area contributed by atoms with Gasteiger partial charge in [-0.3, -0.25) is 4.79 Å². The summed E-state index contributed by atoms with van der Waals surface area (Å²) in [5, 5.41) is 3.64. The first-order valence-electron chi connectivity index (χ1n) is 6.82. The number of amides is 1. The molecule has 1 aromatic carbocycles. The number of halogens is 1. The molecule has 0 unspecified atom stereocenters. The van der Waals surface area contributed by atoms with Crippen LogP contribution in [0.3, 0.4) is 0 Å². The normalized spacial score (nSPS) is 21.4. The van der Waals surface area contributed by atoms with Crippen LogP contribution in [0, 0.1) is 0 Å². The van der Waals surface area contributed by atoms with Crippen LogP contribution in [-0.4, -0.2) is 31.8 Å². The molecule has 1 aliphatic heterocycles. The van der Waals surface area contributed by atoms with Gasteiger partial charge in [0.1, 0.15) is 12.2 Å². The summed E-state index contributed by atoms with van der Waals surface area (Å²) in [6.45, 7) is 2.59. The first-order chi connectivity index (χ1) is 9.61. The molecule has 0 spiro atoms. The molecule has 1 fully saturated rings. The van der Waals surface area contributed by atoms with E-state index in [2.05, 4.69) is 5.32 Å². The van der Waals surface area contributed by atoms with Crippen LogP contribution in [0.5, 0.6) is 0 Å². The maximum atomic E-state index is 12.0. The number of carbonyl (C=O) groups is 1. The molecule has 1 aliphatic rings. The van der Waals surface area contributed by atoms with E-state index in [-0.39, 0.29) is 24.2 Å². The van der Waals surface area contributed by atoms with Crippen LogP contribution in [0.2, 0.25) is 5.02 Å². The van der Waals surface area contributed by atoms with Crippen LogP contribution in [-0.2, 0) is 14.3 Å². The molecular weight excluding hydrogens is 278 g/mol. The second-order valence-electron chi connectivity index (χ2n) is 5.01. The van der Waals surface area contributed by atoms with Gasteiger partial charge in [-0.15, -0.1) is 0 Å². The smallest absolute Gasteiger partial charge is 0.249 e. The number of hydrogen-bond donors (Lipinski definition) is 1. The summed E-state index contributed by atoms with van der Waals surface area (Å²) in [6.07, 6.45) is 1.20. The van der Waals surface area contributed by atoms with Gasteiger partial charge in [0.25, 0.3) is 0 Å². The molecule has 0 aliphatic carbocycles. The van der Waals surface area contributed by atoms with Crippen LogP contribution in [0.25, 0.3) is 0 Å². The Morgan fingerprint density at radius 1 is 1.45 bits per heavy atom. The van der Waals surface area contributed by atoms with E-state index in [1.54, 1.807) is 7.11 Å². The molecule has 5 heteroatoms. The Kier molecular flexibility index (Phi) is 5.40. The number of rotatable bonds is 5. The minimum atomic E-state index is -0.319. The highest BCUT2D eigenvalue weighted by atomic mass is 35.5. The first kappa shape index (κ1) is 15.3. The number of carbonyl (C=O) groups excluding carboxylic acids is 1. The fourth-order valence-corrected chi connectivity index (χ4v) is 2.58. The second kappa shape index (κ2) is 7.07. The zero-order valence-electron chi connectivity index (χ0n) is 11.8. The Bertz CT molecular complexity index is 443. The molecule has 20 heavy (non-hydrogen) atoms. The molecule has 0 bridgehead atoms. The number of methoxy groups -OCH3 is 1. The summed E-state index contributed by atoms with van der Waals surface area (Å²) >= 11 is 5.88. The molecular formula is C15H20ClNO3. The molecule has 2 rings (SSSR count). The highest BCUT2D eigenvalue weighted by Crippen LogP contribution is 2.23. The van der Waals surface area contributed by atoms with Crippen molar-refractivity contribution in [2.75, 3.05) is 13.7 Å². The van der Waals surface area contributed by atoms with Gasteiger partial charge >= 0.3 is 0 Å². The van der Waals surface area contributed by atoms with Crippen LogP contribution in [0.4, 0.5) is 0 Å². The van der Waals surface area contributed by atoms with Gasteiger partial charge in [0.15, 0.2) is 0 Å². The van der Waals surface area contributed by atoms with Crippen molar-refractivity contribution in [3.8, 4) is 0 Å². The number of nitrogens with one attached hydrogen (secondary N) is 1. The lowest BCUT2D eigenvalue weighted by molar-refractivity contribution is -0.131. The predicted molar refractivity (Wildman–Crippen MR) is 77.8 cm³/mol. The van der Waals surface area contributed by atoms with E-state index < -0.39 is 0 Å². The topological polar surface area (TPSA) is 47.6 Å². The quantitative estimate of drug-likeness (QED) is 0.909. The van der Waals surface area contributed by atoms with Gasteiger partial charge in [0, 0.05) is 18.7 Å². The van der Waals surface area contributed by atoms with Crippen molar-refractivity contribution in [2.24, 2.45) is 0 Å². The highest BCUT2D eigenvalue weighted by molar-refractivity contribution is 6.30. The molecule has 0 saturated carbocycles. The maximum Gasteiger partial charge on any atom is 0.249 e. The molecule has 110 valence electrons. The lowest BCUT2D eigenvalue weighted by atomic mass is 10.0. The van der Waals surface area contributed by atoms with Gasteiger partial charge in [-0.1, -0.05) is 23.7 Å². The van der Waals surface area contributed by atoms with Crippen LogP contribution in [0.1, 0.15) is 31.4 Å². The summed E-state index contributed by atoms with van der Waals surface area (Å²) in [7, 11) is 1.63. The van der Waals surface area contributed by atoms with Crippen molar-refractivity contribution in [3.05, 3.63) is 34.9 Å². The van der Waals surface area contributed by atoms with Gasteiger partial charge in [-0.05, 0) is 37.5 Å². The summed E-state index contributed by atoms with van der Waals surface area (Å²) < 4.78 is 10.9. The highest BCUT2D eigenvalue weighted by Gasteiger charge is 2.27. The standard InChI is InChI=1S/C15H20ClNO3/c1-10(17-15(18)13-4-3-9-20-13)14(19-2)11-5-7-12(16)8-6-11/h5-8,10,13-14H,3-4,9H2,1-2H3,(H,17,18)/t10-,13+,14-/m1/s1. The van der Waals surface area contributed by atoms with E-state index in [0.29, 0.717) is 11.6 Å². The average Bonchev–Trinajstić information content (AvgIpc) is 2.96. The SMILES string of the molecule is CO[C@@H](c1ccc(Cl)cc1)[C@@H](C)NC(=O)[C@@H]1CCCO1. The lowest BCUT2D eigenvalue weighted by Gasteiger charge is -2.25. The Balaban J connectivity index is 1.99. The zero-order valence-corrected chi connectivity index (χ0v) is 12.5. The minimum Gasteiger partial charge on any atom is -0.375 e. The Labute approximate surface area is 124 Å². The van der Waals surface area contributed by atoms with Crippen molar-refractivity contribution >= 4 is 17.5 Å². The summed E-state index contributed by atoms with van der Waals surface area (Å²) in [6, 6.07) is 7.31. The van der Waals surface area contributed by atoms with Crippen molar-refractivity contribution in [2.45, 2.75) is 38.0 Å². The second-order valence-corrected chi connectivity index (χ2v) is 5.44. The molecule has 1 saturated heterocycles. The van der Waals surface area contributed by atoms with Crippen LogP contribution in [0.15, 0.2) is 24.3 Å². The monoisotopic (exact) mass is 297 g/mol. The van der Waals surface area contributed by atoms with E-state index >= 15 is 0 Å². The van der Waals surface area contributed by atoms with Gasteiger partial charge in [-0.25, -0.2) is 0 Å². The molecule has 0 radical (unpaired) electrons. The zero-order chi connectivity index (χ0) is 14.5. The Morgan fingerprint density at radius 2 is 2.15 bits per heavy atom. The number of ether oxygens (including phenoxy) is 2. The molecule has 1 aromatic rings. The lowest BCUT2D eigenvalue weighted by Crippen LogP contribution is -2.43. The van der Waals surface area contributed by atoms with E-state index in [0.717, 1.165) is 18.4 Å². The van der Waals surface area contributed by atoms with E-state index in [1.165, 1.54) is 0 Å². The Morgan fingerprint density at radius 3 is 2.70 bits per heavy atom. The largest absolute Gasteiger partial charge is 0.375 e. The van der Waals surface area contributed by atoms with Crippen molar-refractivity contribution in [3.63, 3.8) is 0 Å².